The average molecular weight is 351 g/mol. The highest BCUT2D eigenvalue weighted by Crippen LogP contribution is 2.29. The summed E-state index contributed by atoms with van der Waals surface area (Å²) in [6, 6.07) is 21.3. The third-order valence-electron chi connectivity index (χ3n) is 5.32. The minimum atomic E-state index is 0.117. The summed E-state index contributed by atoms with van der Waals surface area (Å²) in [5.74, 6) is 0.405. The van der Waals surface area contributed by atoms with Gasteiger partial charge in [-0.1, -0.05) is 67.6 Å². The van der Waals surface area contributed by atoms with Crippen molar-refractivity contribution in [3.05, 3.63) is 71.8 Å². The van der Waals surface area contributed by atoms with Crippen LogP contribution in [0.1, 0.15) is 49.7 Å². The maximum Gasteiger partial charge on any atom is 0.223 e. The van der Waals surface area contributed by atoms with Gasteiger partial charge in [0.2, 0.25) is 5.91 Å². The van der Waals surface area contributed by atoms with Gasteiger partial charge < -0.3 is 10.2 Å². The summed E-state index contributed by atoms with van der Waals surface area (Å²) in [4.78, 5) is 15.4. The van der Waals surface area contributed by atoms with Crippen LogP contribution in [0.3, 0.4) is 0 Å². The standard InChI is InChI=1S/C23H30N2O/c1-2-17-25(21-13-15-24-16-14-21)23(26)18-22(19-9-5-3-6-10-19)20-11-7-4-8-12-20/h3-12,21-22,24H,2,13-18H2,1H3. The fraction of sp³-hybridized carbons (Fsp3) is 0.435. The molecule has 0 radical (unpaired) electrons. The molecule has 3 nitrogen and oxygen atoms in total. The van der Waals surface area contributed by atoms with Gasteiger partial charge in [0.05, 0.1) is 0 Å². The highest BCUT2D eigenvalue weighted by Gasteiger charge is 2.27. The van der Waals surface area contributed by atoms with E-state index in [1.165, 1.54) is 11.1 Å². The molecule has 1 amide bonds. The zero-order valence-corrected chi connectivity index (χ0v) is 15.7. The lowest BCUT2D eigenvalue weighted by atomic mass is 9.87. The Hall–Kier alpha value is -2.13. The number of hydrogen-bond acceptors (Lipinski definition) is 2. The van der Waals surface area contributed by atoms with Crippen LogP contribution in [-0.2, 0) is 4.79 Å². The fourth-order valence-corrected chi connectivity index (χ4v) is 3.96. The molecular weight excluding hydrogens is 320 g/mol. The Morgan fingerprint density at radius 1 is 1.00 bits per heavy atom. The predicted octanol–water partition coefficient (Wildman–Crippen LogP) is 4.20. The SMILES string of the molecule is CCCN(C(=O)CC(c1ccccc1)c1ccccc1)C1CCNCC1. The highest BCUT2D eigenvalue weighted by atomic mass is 16.2. The summed E-state index contributed by atoms with van der Waals surface area (Å²) in [5, 5.41) is 3.41. The lowest BCUT2D eigenvalue weighted by molar-refractivity contribution is -0.134. The number of piperidine rings is 1. The second-order valence-corrected chi connectivity index (χ2v) is 7.15. The highest BCUT2D eigenvalue weighted by molar-refractivity contribution is 5.78. The minimum absolute atomic E-state index is 0.117. The van der Waals surface area contributed by atoms with Crippen molar-refractivity contribution in [3.63, 3.8) is 0 Å². The Bertz CT molecular complexity index is 626. The van der Waals surface area contributed by atoms with E-state index in [1.54, 1.807) is 0 Å². The molecule has 1 aliphatic heterocycles. The molecule has 2 aromatic rings. The van der Waals surface area contributed by atoms with Crippen LogP contribution in [-0.4, -0.2) is 36.5 Å². The first kappa shape index (κ1) is 18.7. The lowest BCUT2D eigenvalue weighted by Gasteiger charge is -2.35. The molecule has 2 aromatic carbocycles. The Balaban J connectivity index is 1.81. The molecule has 0 aromatic heterocycles. The number of benzene rings is 2. The van der Waals surface area contributed by atoms with Crippen LogP contribution < -0.4 is 5.32 Å². The molecule has 0 bridgehead atoms. The molecule has 3 rings (SSSR count). The fourth-order valence-electron chi connectivity index (χ4n) is 3.96. The van der Waals surface area contributed by atoms with Gasteiger partial charge in [-0.15, -0.1) is 0 Å². The summed E-state index contributed by atoms with van der Waals surface area (Å²) < 4.78 is 0. The summed E-state index contributed by atoms with van der Waals surface area (Å²) in [7, 11) is 0. The Labute approximate surface area is 157 Å². The van der Waals surface area contributed by atoms with Crippen molar-refractivity contribution in [2.24, 2.45) is 0 Å². The Morgan fingerprint density at radius 3 is 2.04 bits per heavy atom. The van der Waals surface area contributed by atoms with Crippen molar-refractivity contribution in [1.29, 1.82) is 0 Å². The maximum atomic E-state index is 13.3. The normalized spacial score (nSPS) is 15.2. The van der Waals surface area contributed by atoms with Crippen LogP contribution in [0.15, 0.2) is 60.7 Å². The molecule has 138 valence electrons. The number of carbonyl (C=O) groups excluding carboxylic acids is 1. The second kappa shape index (κ2) is 9.54. The van der Waals surface area contributed by atoms with Gasteiger partial charge in [0, 0.05) is 24.9 Å². The number of rotatable bonds is 7. The van der Waals surface area contributed by atoms with Crippen molar-refractivity contribution >= 4 is 5.91 Å². The Kier molecular flexibility index (Phi) is 6.84. The van der Waals surface area contributed by atoms with Gasteiger partial charge in [0.1, 0.15) is 0 Å². The zero-order chi connectivity index (χ0) is 18.2. The average Bonchev–Trinajstić information content (AvgIpc) is 2.72. The van der Waals surface area contributed by atoms with Gasteiger partial charge in [-0.05, 0) is 43.5 Å². The molecule has 0 atom stereocenters. The summed E-state index contributed by atoms with van der Waals surface area (Å²) in [5.41, 5.74) is 2.43. The molecule has 1 saturated heterocycles. The van der Waals surface area contributed by atoms with Crippen molar-refractivity contribution < 1.29 is 4.79 Å². The van der Waals surface area contributed by atoms with Gasteiger partial charge >= 0.3 is 0 Å². The van der Waals surface area contributed by atoms with E-state index in [4.69, 9.17) is 0 Å². The van der Waals surface area contributed by atoms with Crippen molar-refractivity contribution in [3.8, 4) is 0 Å². The van der Waals surface area contributed by atoms with Crippen molar-refractivity contribution in [1.82, 2.24) is 10.2 Å². The van der Waals surface area contributed by atoms with Gasteiger partial charge in [0.25, 0.3) is 0 Å². The van der Waals surface area contributed by atoms with E-state index in [0.717, 1.165) is 38.9 Å². The molecule has 1 fully saturated rings. The van der Waals surface area contributed by atoms with E-state index in [1.807, 2.05) is 12.1 Å². The summed E-state index contributed by atoms with van der Waals surface area (Å²) in [6.45, 7) is 5.05. The summed E-state index contributed by atoms with van der Waals surface area (Å²) in [6.07, 6.45) is 3.68. The van der Waals surface area contributed by atoms with Crippen molar-refractivity contribution in [2.45, 2.75) is 44.6 Å². The summed E-state index contributed by atoms with van der Waals surface area (Å²) >= 11 is 0. The molecule has 3 heteroatoms. The Morgan fingerprint density at radius 2 is 1.54 bits per heavy atom. The lowest BCUT2D eigenvalue weighted by Crippen LogP contribution is -2.46. The van der Waals surface area contributed by atoms with Gasteiger partial charge in [-0.3, -0.25) is 4.79 Å². The largest absolute Gasteiger partial charge is 0.340 e. The number of hydrogen-bond donors (Lipinski definition) is 1. The molecule has 26 heavy (non-hydrogen) atoms. The third-order valence-corrected chi connectivity index (χ3v) is 5.32. The van der Waals surface area contributed by atoms with Crippen LogP contribution >= 0.6 is 0 Å². The van der Waals surface area contributed by atoms with Crippen molar-refractivity contribution in [2.75, 3.05) is 19.6 Å². The molecule has 1 aliphatic rings. The number of nitrogens with one attached hydrogen (secondary N) is 1. The van der Waals surface area contributed by atoms with E-state index >= 15 is 0 Å². The topological polar surface area (TPSA) is 32.3 Å². The molecule has 0 saturated carbocycles. The van der Waals surface area contributed by atoms with E-state index < -0.39 is 0 Å². The quantitative estimate of drug-likeness (QED) is 0.812. The minimum Gasteiger partial charge on any atom is -0.340 e. The molecule has 0 aliphatic carbocycles. The third kappa shape index (κ3) is 4.73. The van der Waals surface area contributed by atoms with Crippen LogP contribution in [0, 0.1) is 0 Å². The number of nitrogens with zero attached hydrogens (tertiary/aromatic N) is 1. The molecule has 1 N–H and O–H groups in total. The number of amides is 1. The zero-order valence-electron chi connectivity index (χ0n) is 15.7. The van der Waals surface area contributed by atoms with Gasteiger partial charge in [-0.25, -0.2) is 0 Å². The van der Waals surface area contributed by atoms with E-state index in [0.29, 0.717) is 12.5 Å². The first-order valence-electron chi connectivity index (χ1n) is 9.89. The molecular formula is C23H30N2O. The van der Waals surface area contributed by atoms with Crippen LogP contribution in [0.5, 0.6) is 0 Å². The van der Waals surface area contributed by atoms with E-state index in [-0.39, 0.29) is 11.8 Å². The first-order chi connectivity index (χ1) is 12.8. The van der Waals surface area contributed by atoms with Gasteiger partial charge in [0.15, 0.2) is 0 Å². The molecule has 1 heterocycles. The number of carbonyl (C=O) groups is 1. The molecule has 0 spiro atoms. The van der Waals surface area contributed by atoms with Crippen LogP contribution in [0.4, 0.5) is 0 Å². The van der Waals surface area contributed by atoms with Gasteiger partial charge in [-0.2, -0.15) is 0 Å². The predicted molar refractivity (Wildman–Crippen MR) is 107 cm³/mol. The molecule has 0 unspecified atom stereocenters. The van der Waals surface area contributed by atoms with E-state index in [2.05, 4.69) is 65.7 Å². The maximum absolute atomic E-state index is 13.3. The smallest absolute Gasteiger partial charge is 0.223 e. The van der Waals surface area contributed by atoms with Crippen LogP contribution in [0.25, 0.3) is 0 Å². The van der Waals surface area contributed by atoms with Crippen LogP contribution in [0.2, 0.25) is 0 Å². The first-order valence-corrected chi connectivity index (χ1v) is 9.89. The second-order valence-electron chi connectivity index (χ2n) is 7.15. The van der Waals surface area contributed by atoms with E-state index in [9.17, 15) is 4.79 Å². The monoisotopic (exact) mass is 350 g/mol.